The number of rotatable bonds is 3. The first-order valence-electron chi connectivity index (χ1n) is 5.99. The Bertz CT molecular complexity index is 364. The van der Waals surface area contributed by atoms with Crippen molar-refractivity contribution < 1.29 is 5.11 Å². The quantitative estimate of drug-likeness (QED) is 0.838. The van der Waals surface area contributed by atoms with Crippen molar-refractivity contribution in [3.63, 3.8) is 0 Å². The normalized spacial score (nSPS) is 26.2. The average Bonchev–Trinajstić information content (AvgIpc) is 2.61. The van der Waals surface area contributed by atoms with Crippen molar-refractivity contribution in [3.05, 3.63) is 35.4 Å². The van der Waals surface area contributed by atoms with Crippen molar-refractivity contribution in [2.75, 3.05) is 26.7 Å². The van der Waals surface area contributed by atoms with Crippen molar-refractivity contribution in [2.45, 2.75) is 19.8 Å². The van der Waals surface area contributed by atoms with Crippen LogP contribution in [-0.4, -0.2) is 36.8 Å². The highest BCUT2D eigenvalue weighted by atomic mass is 16.3. The van der Waals surface area contributed by atoms with E-state index in [4.69, 9.17) is 0 Å². The predicted octanol–water partition coefficient (Wildman–Crippen LogP) is 1.85. The molecular weight excluding hydrogens is 198 g/mol. The van der Waals surface area contributed by atoms with Gasteiger partial charge >= 0.3 is 0 Å². The van der Waals surface area contributed by atoms with Crippen molar-refractivity contribution in [1.29, 1.82) is 0 Å². The molecule has 2 nitrogen and oxygen atoms in total. The third-order valence-electron chi connectivity index (χ3n) is 3.63. The van der Waals surface area contributed by atoms with Gasteiger partial charge in [0.15, 0.2) is 0 Å². The summed E-state index contributed by atoms with van der Waals surface area (Å²) in [6, 6.07) is 8.63. The lowest BCUT2D eigenvalue weighted by Gasteiger charge is -2.26. The van der Waals surface area contributed by atoms with E-state index in [1.165, 1.54) is 11.1 Å². The van der Waals surface area contributed by atoms with Crippen molar-refractivity contribution in [2.24, 2.45) is 5.41 Å². The lowest BCUT2D eigenvalue weighted by Crippen LogP contribution is -2.31. The summed E-state index contributed by atoms with van der Waals surface area (Å²) in [5.74, 6) is 0. The number of aliphatic hydroxyl groups is 1. The van der Waals surface area contributed by atoms with Crippen LogP contribution in [0.2, 0.25) is 0 Å². The summed E-state index contributed by atoms with van der Waals surface area (Å²) in [5, 5.41) is 9.64. The molecule has 1 unspecified atom stereocenters. The Labute approximate surface area is 97.9 Å². The highest BCUT2D eigenvalue weighted by Crippen LogP contribution is 2.33. The third kappa shape index (κ3) is 2.45. The maximum Gasteiger partial charge on any atom is 0.0503 e. The van der Waals surface area contributed by atoms with E-state index in [9.17, 15) is 5.11 Å². The second-order valence-corrected chi connectivity index (χ2v) is 5.31. The molecule has 0 spiro atoms. The van der Waals surface area contributed by atoms with E-state index in [1.54, 1.807) is 0 Å². The zero-order valence-corrected chi connectivity index (χ0v) is 10.2. The first-order chi connectivity index (χ1) is 7.63. The molecule has 1 N–H and O–H groups in total. The number of hydrogen-bond donors (Lipinski definition) is 1. The fraction of sp³-hybridized carbons (Fsp3) is 0.571. The molecule has 1 aliphatic heterocycles. The van der Waals surface area contributed by atoms with Crippen LogP contribution in [0.25, 0.3) is 0 Å². The molecule has 16 heavy (non-hydrogen) atoms. The van der Waals surface area contributed by atoms with E-state index in [2.05, 4.69) is 43.1 Å². The Morgan fingerprint density at radius 1 is 1.44 bits per heavy atom. The molecule has 1 atom stereocenters. The molecule has 0 bridgehead atoms. The van der Waals surface area contributed by atoms with E-state index >= 15 is 0 Å². The van der Waals surface area contributed by atoms with Gasteiger partial charge < -0.3 is 10.0 Å². The monoisotopic (exact) mass is 219 g/mol. The standard InChI is InChI=1S/C14H21NO/c1-12-4-3-5-13(8-12)9-14(11-16)6-7-15(2)10-14/h3-5,8,16H,6-7,9-11H2,1-2H3. The first-order valence-corrected chi connectivity index (χ1v) is 5.99. The van der Waals surface area contributed by atoms with Gasteiger partial charge in [-0.1, -0.05) is 29.8 Å². The van der Waals surface area contributed by atoms with Crippen LogP contribution < -0.4 is 0 Å². The molecule has 1 heterocycles. The Kier molecular flexibility index (Phi) is 3.31. The van der Waals surface area contributed by atoms with Gasteiger partial charge in [-0.2, -0.15) is 0 Å². The molecule has 88 valence electrons. The molecule has 0 amide bonds. The minimum atomic E-state index is 0.0859. The molecule has 0 radical (unpaired) electrons. The van der Waals surface area contributed by atoms with Gasteiger partial charge in [-0.05, 0) is 38.9 Å². The van der Waals surface area contributed by atoms with Crippen molar-refractivity contribution in [1.82, 2.24) is 4.90 Å². The number of hydrogen-bond acceptors (Lipinski definition) is 2. The Morgan fingerprint density at radius 2 is 2.25 bits per heavy atom. The highest BCUT2D eigenvalue weighted by molar-refractivity contribution is 5.23. The maximum atomic E-state index is 9.64. The van der Waals surface area contributed by atoms with Crippen LogP contribution >= 0.6 is 0 Å². The molecule has 2 rings (SSSR count). The maximum absolute atomic E-state index is 9.64. The topological polar surface area (TPSA) is 23.5 Å². The van der Waals surface area contributed by atoms with E-state index in [1.807, 2.05) is 0 Å². The Balaban J connectivity index is 2.13. The second kappa shape index (κ2) is 4.56. The number of nitrogens with zero attached hydrogens (tertiary/aromatic N) is 1. The minimum Gasteiger partial charge on any atom is -0.396 e. The number of benzene rings is 1. The lowest BCUT2D eigenvalue weighted by atomic mass is 9.81. The van der Waals surface area contributed by atoms with Gasteiger partial charge in [0.2, 0.25) is 0 Å². The zero-order valence-electron chi connectivity index (χ0n) is 10.2. The van der Waals surface area contributed by atoms with Gasteiger partial charge in [-0.3, -0.25) is 0 Å². The summed E-state index contributed by atoms with van der Waals surface area (Å²) in [6.07, 6.45) is 2.10. The molecule has 1 fully saturated rings. The molecule has 0 saturated carbocycles. The molecule has 1 aromatic rings. The summed E-state index contributed by atoms with van der Waals surface area (Å²) in [7, 11) is 2.13. The number of aryl methyl sites for hydroxylation is 1. The van der Waals surface area contributed by atoms with E-state index in [0.29, 0.717) is 6.61 Å². The summed E-state index contributed by atoms with van der Waals surface area (Å²) in [4.78, 5) is 2.31. The fourth-order valence-corrected chi connectivity index (χ4v) is 2.74. The van der Waals surface area contributed by atoms with E-state index < -0.39 is 0 Å². The van der Waals surface area contributed by atoms with Crippen molar-refractivity contribution >= 4 is 0 Å². The minimum absolute atomic E-state index is 0.0859. The predicted molar refractivity (Wildman–Crippen MR) is 66.5 cm³/mol. The van der Waals surface area contributed by atoms with E-state index in [-0.39, 0.29) is 5.41 Å². The number of likely N-dealkylation sites (tertiary alicyclic amines) is 1. The summed E-state index contributed by atoms with van der Waals surface area (Å²) >= 11 is 0. The summed E-state index contributed by atoms with van der Waals surface area (Å²) in [5.41, 5.74) is 2.74. The largest absolute Gasteiger partial charge is 0.396 e. The fourth-order valence-electron chi connectivity index (χ4n) is 2.74. The van der Waals surface area contributed by atoms with Gasteiger partial charge in [0.25, 0.3) is 0 Å². The van der Waals surface area contributed by atoms with Gasteiger partial charge in [-0.15, -0.1) is 0 Å². The van der Waals surface area contributed by atoms with Crippen LogP contribution in [0.3, 0.4) is 0 Å². The lowest BCUT2D eigenvalue weighted by molar-refractivity contribution is 0.132. The molecule has 2 heteroatoms. The summed E-state index contributed by atoms with van der Waals surface area (Å²) in [6.45, 7) is 4.53. The third-order valence-corrected chi connectivity index (χ3v) is 3.63. The molecule has 1 aliphatic rings. The van der Waals surface area contributed by atoms with Crippen LogP contribution in [0.15, 0.2) is 24.3 Å². The highest BCUT2D eigenvalue weighted by Gasteiger charge is 2.36. The SMILES string of the molecule is Cc1cccc(CC2(CO)CCN(C)C2)c1. The molecular formula is C14H21NO. The Hall–Kier alpha value is -0.860. The van der Waals surface area contributed by atoms with Crippen LogP contribution in [-0.2, 0) is 6.42 Å². The average molecular weight is 219 g/mol. The van der Waals surface area contributed by atoms with Crippen LogP contribution in [0.5, 0.6) is 0 Å². The first kappa shape index (κ1) is 11.6. The van der Waals surface area contributed by atoms with Gasteiger partial charge in [-0.25, -0.2) is 0 Å². The zero-order chi connectivity index (χ0) is 11.6. The molecule has 0 aliphatic carbocycles. The van der Waals surface area contributed by atoms with Crippen LogP contribution in [0.1, 0.15) is 17.5 Å². The second-order valence-electron chi connectivity index (χ2n) is 5.31. The van der Waals surface area contributed by atoms with Gasteiger partial charge in [0, 0.05) is 12.0 Å². The molecule has 0 aromatic heterocycles. The van der Waals surface area contributed by atoms with Crippen molar-refractivity contribution in [3.8, 4) is 0 Å². The van der Waals surface area contributed by atoms with Crippen LogP contribution in [0, 0.1) is 12.3 Å². The Morgan fingerprint density at radius 3 is 2.81 bits per heavy atom. The van der Waals surface area contributed by atoms with Crippen LogP contribution in [0.4, 0.5) is 0 Å². The molecule has 1 saturated heterocycles. The van der Waals surface area contributed by atoms with E-state index in [0.717, 1.165) is 25.9 Å². The number of aliphatic hydroxyl groups excluding tert-OH is 1. The van der Waals surface area contributed by atoms with Gasteiger partial charge in [0.05, 0.1) is 6.61 Å². The summed E-state index contributed by atoms with van der Waals surface area (Å²) < 4.78 is 0. The molecule has 1 aromatic carbocycles. The van der Waals surface area contributed by atoms with Gasteiger partial charge in [0.1, 0.15) is 0 Å². The smallest absolute Gasteiger partial charge is 0.0503 e.